The molecule has 1 aromatic carbocycles. The second-order valence-electron chi connectivity index (χ2n) is 2.98. The fourth-order valence-corrected chi connectivity index (χ4v) is 1.31. The number of carbonyl (C=O) groups excluding carboxylic acids is 1. The monoisotopic (exact) mass is 187 g/mol. The molecule has 0 N–H and O–H groups in total. The first-order chi connectivity index (χ1) is 6.83. The van der Waals surface area contributed by atoms with Crippen LogP contribution < -0.4 is 0 Å². The summed E-state index contributed by atoms with van der Waals surface area (Å²) in [5.41, 5.74) is 2.40. The fourth-order valence-electron chi connectivity index (χ4n) is 1.31. The molecule has 0 aliphatic heterocycles. The molecule has 14 heavy (non-hydrogen) atoms. The minimum absolute atomic E-state index is 0.458. The largest absolute Gasteiger partial charge is 0.296 e. The maximum absolute atomic E-state index is 10.7. The van der Waals surface area contributed by atoms with Crippen molar-refractivity contribution in [2.75, 3.05) is 0 Å². The van der Waals surface area contributed by atoms with Crippen LogP contribution in [0.1, 0.15) is 16.1 Å². The Morgan fingerprint density at radius 2 is 2.14 bits per heavy atom. The summed E-state index contributed by atoms with van der Waals surface area (Å²) in [6.45, 7) is 1.96. The third kappa shape index (κ3) is 1.31. The van der Waals surface area contributed by atoms with E-state index in [0.717, 1.165) is 17.5 Å². The van der Waals surface area contributed by atoms with Gasteiger partial charge < -0.3 is 0 Å². The zero-order valence-corrected chi connectivity index (χ0v) is 7.71. The van der Waals surface area contributed by atoms with Crippen molar-refractivity contribution in [3.8, 4) is 5.69 Å². The molecule has 2 aromatic rings. The van der Waals surface area contributed by atoms with Crippen molar-refractivity contribution in [1.29, 1.82) is 0 Å². The first-order valence-corrected chi connectivity index (χ1v) is 4.25. The third-order valence-corrected chi connectivity index (χ3v) is 2.04. The lowest BCUT2D eigenvalue weighted by Gasteiger charge is -2.04. The predicted molar refractivity (Wildman–Crippen MR) is 51.5 cm³/mol. The average molecular weight is 187 g/mol. The van der Waals surface area contributed by atoms with Crippen molar-refractivity contribution in [1.82, 2.24) is 15.0 Å². The van der Waals surface area contributed by atoms with Gasteiger partial charge in [0.15, 0.2) is 6.29 Å². The van der Waals surface area contributed by atoms with E-state index in [2.05, 4.69) is 10.3 Å². The van der Waals surface area contributed by atoms with Gasteiger partial charge in [0.1, 0.15) is 5.69 Å². The van der Waals surface area contributed by atoms with Gasteiger partial charge in [0.05, 0.1) is 11.9 Å². The molecule has 1 aromatic heterocycles. The lowest BCUT2D eigenvalue weighted by molar-refractivity contribution is 0.111. The molecular formula is C10H9N3O. The molecule has 0 saturated heterocycles. The molecule has 4 heteroatoms. The minimum Gasteiger partial charge on any atom is -0.296 e. The second kappa shape index (κ2) is 3.41. The van der Waals surface area contributed by atoms with Crippen LogP contribution in [0.15, 0.2) is 30.5 Å². The zero-order chi connectivity index (χ0) is 9.97. The molecule has 0 spiro atoms. The molecule has 0 amide bonds. The Labute approximate surface area is 81.2 Å². The van der Waals surface area contributed by atoms with Crippen LogP contribution in [0.3, 0.4) is 0 Å². The predicted octanol–water partition coefficient (Wildman–Crippen LogP) is 1.39. The maximum Gasteiger partial charge on any atom is 0.170 e. The first kappa shape index (κ1) is 8.62. The Hall–Kier alpha value is -1.97. The highest BCUT2D eigenvalue weighted by Gasteiger charge is 2.06. The molecule has 4 nitrogen and oxygen atoms in total. The van der Waals surface area contributed by atoms with E-state index in [9.17, 15) is 4.79 Å². The van der Waals surface area contributed by atoms with Gasteiger partial charge in [0.2, 0.25) is 0 Å². The van der Waals surface area contributed by atoms with Gasteiger partial charge in [-0.3, -0.25) is 4.79 Å². The molecule has 0 radical (unpaired) electrons. The summed E-state index contributed by atoms with van der Waals surface area (Å²) in [7, 11) is 0. The number of hydrogen-bond acceptors (Lipinski definition) is 3. The van der Waals surface area contributed by atoms with Crippen LogP contribution >= 0.6 is 0 Å². The number of benzene rings is 1. The van der Waals surface area contributed by atoms with Crippen molar-refractivity contribution in [3.05, 3.63) is 41.7 Å². The summed E-state index contributed by atoms with van der Waals surface area (Å²) in [5.74, 6) is 0. The summed E-state index contributed by atoms with van der Waals surface area (Å²) in [4.78, 5) is 10.7. The number of nitrogens with zero attached hydrogens (tertiary/aromatic N) is 3. The highest BCUT2D eigenvalue weighted by Crippen LogP contribution is 2.12. The molecule has 0 unspecified atom stereocenters. The molecular weight excluding hydrogens is 178 g/mol. The Morgan fingerprint density at radius 3 is 2.86 bits per heavy atom. The molecule has 0 atom stereocenters. The van der Waals surface area contributed by atoms with Crippen LogP contribution in [0.2, 0.25) is 0 Å². The molecule has 2 rings (SSSR count). The van der Waals surface area contributed by atoms with E-state index in [1.54, 1.807) is 0 Å². The normalized spacial score (nSPS) is 10.1. The summed E-state index contributed by atoms with van der Waals surface area (Å²) < 4.78 is 1.53. The summed E-state index contributed by atoms with van der Waals surface area (Å²) in [6, 6.07) is 7.71. The number of aryl methyl sites for hydroxylation is 1. The lowest BCUT2D eigenvalue weighted by Crippen LogP contribution is -2.03. The van der Waals surface area contributed by atoms with E-state index in [4.69, 9.17) is 0 Å². The van der Waals surface area contributed by atoms with Crippen molar-refractivity contribution in [3.63, 3.8) is 0 Å². The van der Waals surface area contributed by atoms with Gasteiger partial charge in [-0.15, -0.1) is 5.10 Å². The van der Waals surface area contributed by atoms with E-state index in [-0.39, 0.29) is 0 Å². The van der Waals surface area contributed by atoms with Crippen molar-refractivity contribution < 1.29 is 4.79 Å². The highest BCUT2D eigenvalue weighted by molar-refractivity contribution is 5.72. The molecule has 0 bridgehead atoms. The summed E-state index contributed by atoms with van der Waals surface area (Å²) >= 11 is 0. The number of aldehydes is 1. The van der Waals surface area contributed by atoms with Gasteiger partial charge in [0.25, 0.3) is 0 Å². The van der Waals surface area contributed by atoms with E-state index in [1.165, 1.54) is 10.9 Å². The summed E-state index contributed by atoms with van der Waals surface area (Å²) in [5, 5.41) is 7.55. The highest BCUT2D eigenvalue weighted by atomic mass is 16.1. The molecule has 1 heterocycles. The van der Waals surface area contributed by atoms with Gasteiger partial charge in [-0.1, -0.05) is 23.4 Å². The smallest absolute Gasteiger partial charge is 0.170 e. The van der Waals surface area contributed by atoms with Crippen LogP contribution in [0.5, 0.6) is 0 Å². The number of aromatic nitrogens is 3. The van der Waals surface area contributed by atoms with Gasteiger partial charge in [-0.25, -0.2) is 4.68 Å². The van der Waals surface area contributed by atoms with Crippen molar-refractivity contribution in [2.24, 2.45) is 0 Å². The lowest BCUT2D eigenvalue weighted by atomic mass is 10.2. The van der Waals surface area contributed by atoms with E-state index >= 15 is 0 Å². The van der Waals surface area contributed by atoms with Crippen molar-refractivity contribution in [2.45, 2.75) is 6.92 Å². The molecule has 0 aliphatic rings. The SMILES string of the molecule is Cc1ccccc1-n1nncc1C=O. The Balaban J connectivity index is 2.60. The van der Waals surface area contributed by atoms with Crippen LogP contribution in [0, 0.1) is 6.92 Å². The van der Waals surface area contributed by atoms with Crippen LogP contribution in [0.4, 0.5) is 0 Å². The minimum atomic E-state index is 0.458. The van der Waals surface area contributed by atoms with E-state index in [0.29, 0.717) is 5.69 Å². The quantitative estimate of drug-likeness (QED) is 0.667. The van der Waals surface area contributed by atoms with Crippen LogP contribution in [-0.2, 0) is 0 Å². The maximum atomic E-state index is 10.7. The average Bonchev–Trinajstić information content (AvgIpc) is 2.66. The number of hydrogen-bond donors (Lipinski definition) is 0. The van der Waals surface area contributed by atoms with Gasteiger partial charge >= 0.3 is 0 Å². The molecule has 0 fully saturated rings. The van der Waals surface area contributed by atoms with Gasteiger partial charge in [0, 0.05) is 0 Å². The van der Waals surface area contributed by atoms with Crippen LogP contribution in [-0.4, -0.2) is 21.3 Å². The zero-order valence-electron chi connectivity index (χ0n) is 7.71. The summed E-state index contributed by atoms with van der Waals surface area (Å²) in [6.07, 6.45) is 2.19. The van der Waals surface area contributed by atoms with Crippen molar-refractivity contribution >= 4 is 6.29 Å². The topological polar surface area (TPSA) is 47.8 Å². The number of rotatable bonds is 2. The Bertz CT molecular complexity index is 462. The number of carbonyl (C=O) groups is 1. The number of para-hydroxylation sites is 1. The standard InChI is InChI=1S/C10H9N3O/c1-8-4-2-3-5-10(8)13-9(7-14)6-11-12-13/h2-7H,1H3. The fraction of sp³-hybridized carbons (Fsp3) is 0.100. The van der Waals surface area contributed by atoms with E-state index < -0.39 is 0 Å². The molecule has 70 valence electrons. The van der Waals surface area contributed by atoms with Gasteiger partial charge in [-0.2, -0.15) is 0 Å². The molecule has 0 saturated carbocycles. The van der Waals surface area contributed by atoms with E-state index in [1.807, 2.05) is 31.2 Å². The second-order valence-corrected chi connectivity index (χ2v) is 2.98. The Kier molecular flexibility index (Phi) is 2.10. The third-order valence-electron chi connectivity index (χ3n) is 2.04. The van der Waals surface area contributed by atoms with Crippen LogP contribution in [0.25, 0.3) is 5.69 Å². The first-order valence-electron chi connectivity index (χ1n) is 4.25. The van der Waals surface area contributed by atoms with Gasteiger partial charge in [-0.05, 0) is 18.6 Å². The molecule has 0 aliphatic carbocycles. The Morgan fingerprint density at radius 1 is 1.36 bits per heavy atom.